The van der Waals surface area contributed by atoms with Crippen molar-refractivity contribution >= 4 is 37.6 Å². The van der Waals surface area contributed by atoms with Crippen molar-refractivity contribution in [3.05, 3.63) is 61.5 Å². The summed E-state index contributed by atoms with van der Waals surface area (Å²) in [5.74, 6) is 0.854. The van der Waals surface area contributed by atoms with E-state index in [1.807, 2.05) is 44.2 Å². The van der Waals surface area contributed by atoms with Crippen molar-refractivity contribution in [2.45, 2.75) is 20.3 Å². The van der Waals surface area contributed by atoms with Gasteiger partial charge in [0.15, 0.2) is 5.78 Å². The fourth-order valence-electron chi connectivity index (χ4n) is 2.20. The average Bonchev–Trinajstić information content (AvgIpc) is 2.46. The lowest BCUT2D eigenvalue weighted by atomic mass is 9.99. The number of hydrogen-bond acceptors (Lipinski definition) is 2. The second-order valence-electron chi connectivity index (χ2n) is 4.98. The molecule has 0 aromatic heterocycles. The highest BCUT2D eigenvalue weighted by Gasteiger charge is 2.13. The van der Waals surface area contributed by atoms with Gasteiger partial charge in [0.2, 0.25) is 0 Å². The molecule has 2 nitrogen and oxygen atoms in total. The lowest BCUT2D eigenvalue weighted by molar-refractivity contribution is 0.0992. The highest BCUT2D eigenvalue weighted by atomic mass is 79.9. The first-order chi connectivity index (χ1) is 9.92. The number of rotatable bonds is 4. The van der Waals surface area contributed by atoms with E-state index in [9.17, 15) is 4.79 Å². The zero-order chi connectivity index (χ0) is 15.6. The Morgan fingerprint density at radius 1 is 1.10 bits per heavy atom. The molecule has 0 unspecified atom stereocenters. The Bertz CT molecular complexity index is 670. The van der Waals surface area contributed by atoms with Crippen LogP contribution in [0.3, 0.4) is 0 Å². The third kappa shape index (κ3) is 3.74. The van der Waals surface area contributed by atoms with Gasteiger partial charge in [-0.25, -0.2) is 0 Å². The van der Waals surface area contributed by atoms with Crippen LogP contribution in [0.2, 0.25) is 0 Å². The quantitative estimate of drug-likeness (QED) is 0.641. The molecule has 0 heterocycles. The first kappa shape index (κ1) is 16.2. The Kier molecular flexibility index (Phi) is 5.22. The Labute approximate surface area is 141 Å². The number of methoxy groups -OCH3 is 1. The van der Waals surface area contributed by atoms with Crippen LogP contribution in [0.4, 0.5) is 0 Å². The highest BCUT2D eigenvalue weighted by molar-refractivity contribution is 9.10. The molecule has 0 radical (unpaired) electrons. The van der Waals surface area contributed by atoms with Gasteiger partial charge in [0.1, 0.15) is 5.75 Å². The summed E-state index contributed by atoms with van der Waals surface area (Å²) in [6, 6.07) is 9.51. The molecule has 0 N–H and O–H groups in total. The molecule has 0 saturated heterocycles. The molecular formula is C17H16Br2O2. The van der Waals surface area contributed by atoms with Crippen molar-refractivity contribution < 1.29 is 9.53 Å². The van der Waals surface area contributed by atoms with Crippen LogP contribution >= 0.6 is 31.9 Å². The van der Waals surface area contributed by atoms with Crippen molar-refractivity contribution in [1.82, 2.24) is 0 Å². The van der Waals surface area contributed by atoms with Gasteiger partial charge >= 0.3 is 0 Å². The number of carbonyl (C=O) groups excluding carboxylic acids is 1. The molecule has 2 aromatic rings. The molecule has 4 heteroatoms. The molecule has 2 rings (SSSR count). The number of hydrogen-bond donors (Lipinski definition) is 0. The number of benzene rings is 2. The Morgan fingerprint density at radius 2 is 1.71 bits per heavy atom. The van der Waals surface area contributed by atoms with Crippen LogP contribution < -0.4 is 4.74 Å². The molecule has 0 fully saturated rings. The predicted octanol–water partition coefficient (Wildman–Crippen LogP) is 5.26. The van der Waals surface area contributed by atoms with E-state index >= 15 is 0 Å². The first-order valence-corrected chi connectivity index (χ1v) is 8.13. The van der Waals surface area contributed by atoms with Gasteiger partial charge in [0.25, 0.3) is 0 Å². The van der Waals surface area contributed by atoms with Gasteiger partial charge in [-0.1, -0.05) is 31.9 Å². The SMILES string of the molecule is COc1ccc(Br)c(CC(=O)c2cc(C)c(Br)c(C)c2)c1. The fourth-order valence-corrected chi connectivity index (χ4v) is 2.81. The lowest BCUT2D eigenvalue weighted by Crippen LogP contribution is -2.05. The number of carbonyl (C=O) groups is 1. The topological polar surface area (TPSA) is 26.3 Å². The molecule has 0 spiro atoms. The van der Waals surface area contributed by atoms with Gasteiger partial charge in [-0.05, 0) is 60.9 Å². The van der Waals surface area contributed by atoms with E-state index in [0.29, 0.717) is 6.42 Å². The van der Waals surface area contributed by atoms with Crippen molar-refractivity contribution in [1.29, 1.82) is 0 Å². The molecule has 0 atom stereocenters. The van der Waals surface area contributed by atoms with Crippen LogP contribution in [0.1, 0.15) is 27.0 Å². The van der Waals surface area contributed by atoms with E-state index in [1.54, 1.807) is 7.11 Å². The summed E-state index contributed by atoms with van der Waals surface area (Å²) in [6.07, 6.45) is 0.346. The fraction of sp³-hybridized carbons (Fsp3) is 0.235. The minimum absolute atomic E-state index is 0.0997. The molecule has 0 amide bonds. The summed E-state index contributed by atoms with van der Waals surface area (Å²) in [5.41, 5.74) is 3.81. The van der Waals surface area contributed by atoms with E-state index in [1.165, 1.54) is 0 Å². The van der Waals surface area contributed by atoms with Crippen molar-refractivity contribution in [2.24, 2.45) is 0 Å². The second-order valence-corrected chi connectivity index (χ2v) is 6.63. The number of aryl methyl sites for hydroxylation is 2. The number of ether oxygens (including phenoxy) is 1. The van der Waals surface area contributed by atoms with E-state index < -0.39 is 0 Å². The zero-order valence-corrected chi connectivity index (χ0v) is 15.3. The van der Waals surface area contributed by atoms with Crippen molar-refractivity contribution in [2.75, 3.05) is 7.11 Å². The molecule has 0 saturated carbocycles. The van der Waals surface area contributed by atoms with Crippen LogP contribution in [-0.2, 0) is 6.42 Å². The van der Waals surface area contributed by atoms with Crippen molar-refractivity contribution in [3.8, 4) is 5.75 Å². The summed E-state index contributed by atoms with van der Waals surface area (Å²) in [7, 11) is 1.62. The zero-order valence-electron chi connectivity index (χ0n) is 12.2. The van der Waals surface area contributed by atoms with Crippen LogP contribution in [0.15, 0.2) is 39.3 Å². The van der Waals surface area contributed by atoms with E-state index in [2.05, 4.69) is 31.9 Å². The summed E-state index contributed by atoms with van der Waals surface area (Å²) >= 11 is 7.01. The third-order valence-electron chi connectivity index (χ3n) is 3.36. The Morgan fingerprint density at radius 3 is 2.29 bits per heavy atom. The Hall–Kier alpha value is -1.13. The van der Waals surface area contributed by atoms with Gasteiger partial charge in [0, 0.05) is 20.9 Å². The monoisotopic (exact) mass is 410 g/mol. The second kappa shape index (κ2) is 6.75. The minimum Gasteiger partial charge on any atom is -0.497 e. The van der Waals surface area contributed by atoms with Crippen LogP contribution in [-0.4, -0.2) is 12.9 Å². The van der Waals surface area contributed by atoms with Crippen molar-refractivity contribution in [3.63, 3.8) is 0 Å². The van der Waals surface area contributed by atoms with Gasteiger partial charge in [-0.2, -0.15) is 0 Å². The molecule has 0 bridgehead atoms. The number of halogens is 2. The molecule has 110 valence electrons. The standard InChI is InChI=1S/C17H16Br2O2/c1-10-6-13(7-11(2)17(10)19)16(20)9-12-8-14(21-3)4-5-15(12)18/h4-8H,9H2,1-3H3. The predicted molar refractivity (Wildman–Crippen MR) is 92.3 cm³/mol. The maximum absolute atomic E-state index is 12.5. The average molecular weight is 412 g/mol. The summed E-state index contributed by atoms with van der Waals surface area (Å²) in [6.45, 7) is 3.99. The summed E-state index contributed by atoms with van der Waals surface area (Å²) < 4.78 is 7.19. The lowest BCUT2D eigenvalue weighted by Gasteiger charge is -2.09. The maximum Gasteiger partial charge on any atom is 0.167 e. The van der Waals surface area contributed by atoms with Crippen LogP contribution in [0.25, 0.3) is 0 Å². The molecule has 2 aromatic carbocycles. The van der Waals surface area contributed by atoms with Gasteiger partial charge in [0.05, 0.1) is 7.11 Å². The molecular weight excluding hydrogens is 396 g/mol. The normalized spacial score (nSPS) is 10.5. The smallest absolute Gasteiger partial charge is 0.167 e. The largest absolute Gasteiger partial charge is 0.497 e. The summed E-state index contributed by atoms with van der Waals surface area (Å²) in [5, 5.41) is 0. The molecule has 0 aliphatic carbocycles. The Balaban J connectivity index is 2.30. The molecule has 0 aliphatic heterocycles. The maximum atomic E-state index is 12.5. The first-order valence-electron chi connectivity index (χ1n) is 6.54. The number of ketones is 1. The van der Waals surface area contributed by atoms with Crippen LogP contribution in [0.5, 0.6) is 5.75 Å². The van der Waals surface area contributed by atoms with E-state index in [-0.39, 0.29) is 5.78 Å². The van der Waals surface area contributed by atoms with E-state index in [4.69, 9.17) is 4.74 Å². The van der Waals surface area contributed by atoms with Gasteiger partial charge in [-0.15, -0.1) is 0 Å². The molecule has 0 aliphatic rings. The van der Waals surface area contributed by atoms with Crippen LogP contribution in [0, 0.1) is 13.8 Å². The highest BCUT2D eigenvalue weighted by Crippen LogP contribution is 2.26. The third-order valence-corrected chi connectivity index (χ3v) is 5.39. The van der Waals surface area contributed by atoms with Gasteiger partial charge < -0.3 is 4.74 Å². The summed E-state index contributed by atoms with van der Waals surface area (Å²) in [4.78, 5) is 12.5. The molecule has 21 heavy (non-hydrogen) atoms. The van der Waals surface area contributed by atoms with E-state index in [0.717, 1.165) is 36.9 Å². The number of Topliss-reactive ketones (excluding diaryl/α,β-unsaturated/α-hetero) is 1. The van der Waals surface area contributed by atoms with Gasteiger partial charge in [-0.3, -0.25) is 4.79 Å². The minimum atomic E-state index is 0.0997.